The Balaban J connectivity index is 1.44. The molecule has 160 valence electrons. The maximum Gasteiger partial charge on any atom is 0.313 e. The molecule has 2 aromatic rings. The van der Waals surface area contributed by atoms with Crippen molar-refractivity contribution >= 4 is 27.5 Å². The van der Waals surface area contributed by atoms with Crippen molar-refractivity contribution in [3.05, 3.63) is 54.4 Å². The second-order valence-electron chi connectivity index (χ2n) is 7.25. The molecule has 9 heteroatoms. The zero-order chi connectivity index (χ0) is 21.6. The van der Waals surface area contributed by atoms with Gasteiger partial charge in [-0.25, -0.2) is 8.42 Å². The van der Waals surface area contributed by atoms with Crippen molar-refractivity contribution in [2.24, 2.45) is 5.92 Å². The SMILES string of the molecule is CCc1ccc(NC(=O)C(=O)NCC2CCN(S(=O)(=O)c3cccnc3)CC2)cc1. The third kappa shape index (κ3) is 5.43. The minimum Gasteiger partial charge on any atom is -0.348 e. The number of anilines is 1. The summed E-state index contributed by atoms with van der Waals surface area (Å²) in [5.41, 5.74) is 1.72. The van der Waals surface area contributed by atoms with E-state index in [9.17, 15) is 18.0 Å². The van der Waals surface area contributed by atoms with E-state index in [0.29, 0.717) is 38.2 Å². The van der Waals surface area contributed by atoms with Gasteiger partial charge in [-0.05, 0) is 55.0 Å². The molecule has 1 aromatic heterocycles. The number of amides is 2. The molecule has 0 atom stereocenters. The molecule has 3 rings (SSSR count). The number of piperidine rings is 1. The number of nitrogens with zero attached hydrogens (tertiary/aromatic N) is 2. The predicted octanol–water partition coefficient (Wildman–Crippen LogP) is 1.80. The molecule has 0 unspecified atom stereocenters. The van der Waals surface area contributed by atoms with Crippen LogP contribution in [0.3, 0.4) is 0 Å². The number of hydrogen-bond acceptors (Lipinski definition) is 5. The zero-order valence-electron chi connectivity index (χ0n) is 16.9. The first-order valence-corrected chi connectivity index (χ1v) is 11.4. The average molecular weight is 431 g/mol. The van der Waals surface area contributed by atoms with Gasteiger partial charge in [0, 0.05) is 37.7 Å². The average Bonchev–Trinajstić information content (AvgIpc) is 2.78. The van der Waals surface area contributed by atoms with Gasteiger partial charge in [0.15, 0.2) is 0 Å². The molecule has 1 fully saturated rings. The molecule has 0 radical (unpaired) electrons. The number of benzene rings is 1. The van der Waals surface area contributed by atoms with E-state index in [-0.39, 0.29) is 10.8 Å². The Morgan fingerprint density at radius 3 is 2.40 bits per heavy atom. The fourth-order valence-electron chi connectivity index (χ4n) is 3.33. The summed E-state index contributed by atoms with van der Waals surface area (Å²) >= 11 is 0. The molecule has 1 aliphatic rings. The molecule has 0 saturated carbocycles. The van der Waals surface area contributed by atoms with Gasteiger partial charge >= 0.3 is 11.8 Å². The van der Waals surface area contributed by atoms with Gasteiger partial charge in [0.25, 0.3) is 0 Å². The van der Waals surface area contributed by atoms with Crippen LogP contribution in [0.4, 0.5) is 5.69 Å². The van der Waals surface area contributed by atoms with Gasteiger partial charge in [-0.2, -0.15) is 4.31 Å². The van der Waals surface area contributed by atoms with Gasteiger partial charge in [0.05, 0.1) is 0 Å². The largest absolute Gasteiger partial charge is 0.348 e. The molecular weight excluding hydrogens is 404 g/mol. The molecule has 1 aromatic carbocycles. The van der Waals surface area contributed by atoms with Crippen LogP contribution >= 0.6 is 0 Å². The molecule has 0 bridgehead atoms. The minimum atomic E-state index is -3.55. The summed E-state index contributed by atoms with van der Waals surface area (Å²) in [7, 11) is -3.55. The Morgan fingerprint density at radius 2 is 1.80 bits per heavy atom. The van der Waals surface area contributed by atoms with Crippen LogP contribution < -0.4 is 10.6 Å². The Hall–Kier alpha value is -2.78. The van der Waals surface area contributed by atoms with Crippen molar-refractivity contribution in [2.45, 2.75) is 31.1 Å². The highest BCUT2D eigenvalue weighted by Crippen LogP contribution is 2.23. The number of rotatable bonds is 6. The van der Waals surface area contributed by atoms with Crippen LogP contribution in [0.5, 0.6) is 0 Å². The number of carbonyl (C=O) groups is 2. The molecule has 2 N–H and O–H groups in total. The predicted molar refractivity (Wildman–Crippen MR) is 113 cm³/mol. The van der Waals surface area contributed by atoms with E-state index in [1.54, 1.807) is 18.2 Å². The summed E-state index contributed by atoms with van der Waals surface area (Å²) < 4.78 is 26.7. The van der Waals surface area contributed by atoms with Crippen LogP contribution in [0.25, 0.3) is 0 Å². The van der Waals surface area contributed by atoms with Crippen molar-refractivity contribution in [3.63, 3.8) is 0 Å². The molecule has 2 amide bonds. The standard InChI is InChI=1S/C21H26N4O4S/c1-2-16-5-7-18(8-6-16)24-21(27)20(26)23-14-17-9-12-25(13-10-17)30(28,29)19-4-3-11-22-15-19/h3-8,11,15,17H,2,9-10,12-14H2,1H3,(H,23,26)(H,24,27). The number of aromatic nitrogens is 1. The van der Waals surface area contributed by atoms with Crippen molar-refractivity contribution in [3.8, 4) is 0 Å². The summed E-state index contributed by atoms with van der Waals surface area (Å²) in [5.74, 6) is -1.29. The lowest BCUT2D eigenvalue weighted by atomic mass is 9.98. The number of sulfonamides is 1. The van der Waals surface area contributed by atoms with Crippen LogP contribution in [0.1, 0.15) is 25.3 Å². The smallest absolute Gasteiger partial charge is 0.313 e. The van der Waals surface area contributed by atoms with Crippen LogP contribution in [-0.2, 0) is 26.0 Å². The van der Waals surface area contributed by atoms with Gasteiger partial charge in [-0.3, -0.25) is 14.6 Å². The number of carbonyl (C=O) groups excluding carboxylic acids is 2. The molecule has 8 nitrogen and oxygen atoms in total. The normalized spacial score (nSPS) is 15.5. The lowest BCUT2D eigenvalue weighted by Gasteiger charge is -2.31. The number of aryl methyl sites for hydroxylation is 1. The second kappa shape index (κ2) is 9.82. The number of nitrogens with one attached hydrogen (secondary N) is 2. The summed E-state index contributed by atoms with van der Waals surface area (Å²) in [6, 6.07) is 10.5. The van der Waals surface area contributed by atoms with E-state index in [4.69, 9.17) is 0 Å². The lowest BCUT2D eigenvalue weighted by molar-refractivity contribution is -0.136. The second-order valence-corrected chi connectivity index (χ2v) is 9.19. The maximum absolute atomic E-state index is 12.6. The first-order valence-electron chi connectivity index (χ1n) is 9.98. The first kappa shape index (κ1) is 21.9. The van der Waals surface area contributed by atoms with Crippen molar-refractivity contribution in [1.82, 2.24) is 14.6 Å². The molecule has 0 aliphatic carbocycles. The van der Waals surface area contributed by atoms with Crippen LogP contribution in [0.15, 0.2) is 53.7 Å². The first-order chi connectivity index (χ1) is 14.4. The quantitative estimate of drug-likeness (QED) is 0.680. The van der Waals surface area contributed by atoms with E-state index in [1.807, 2.05) is 19.1 Å². The number of hydrogen-bond donors (Lipinski definition) is 2. The van der Waals surface area contributed by atoms with E-state index < -0.39 is 21.8 Å². The topological polar surface area (TPSA) is 108 Å². The monoisotopic (exact) mass is 430 g/mol. The van der Waals surface area contributed by atoms with E-state index in [2.05, 4.69) is 15.6 Å². The molecule has 1 saturated heterocycles. The summed E-state index contributed by atoms with van der Waals surface area (Å²) in [6.07, 6.45) is 5.00. The minimum absolute atomic E-state index is 0.117. The fourth-order valence-corrected chi connectivity index (χ4v) is 4.77. The molecule has 2 heterocycles. The Bertz CT molecular complexity index is 970. The van der Waals surface area contributed by atoms with E-state index >= 15 is 0 Å². The highest BCUT2D eigenvalue weighted by atomic mass is 32.2. The summed E-state index contributed by atoms with van der Waals surface area (Å²) in [4.78, 5) is 28.2. The van der Waals surface area contributed by atoms with Crippen molar-refractivity contribution in [1.29, 1.82) is 0 Å². The van der Waals surface area contributed by atoms with Gasteiger partial charge in [0.2, 0.25) is 10.0 Å². The third-order valence-corrected chi connectivity index (χ3v) is 7.11. The summed E-state index contributed by atoms with van der Waals surface area (Å²) in [5, 5.41) is 5.23. The molecule has 30 heavy (non-hydrogen) atoms. The van der Waals surface area contributed by atoms with Gasteiger partial charge in [0.1, 0.15) is 4.90 Å². The molecule has 0 spiro atoms. The van der Waals surface area contributed by atoms with E-state index in [0.717, 1.165) is 12.0 Å². The maximum atomic E-state index is 12.6. The van der Waals surface area contributed by atoms with Crippen LogP contribution in [-0.4, -0.2) is 49.2 Å². The zero-order valence-corrected chi connectivity index (χ0v) is 17.7. The Morgan fingerprint density at radius 1 is 1.10 bits per heavy atom. The highest BCUT2D eigenvalue weighted by Gasteiger charge is 2.29. The van der Waals surface area contributed by atoms with Gasteiger partial charge < -0.3 is 10.6 Å². The lowest BCUT2D eigenvalue weighted by Crippen LogP contribution is -2.43. The number of pyridine rings is 1. The van der Waals surface area contributed by atoms with Crippen LogP contribution in [0.2, 0.25) is 0 Å². The van der Waals surface area contributed by atoms with Crippen molar-refractivity contribution in [2.75, 3.05) is 25.0 Å². The van der Waals surface area contributed by atoms with Gasteiger partial charge in [-0.1, -0.05) is 19.1 Å². The molecule has 1 aliphatic heterocycles. The Labute approximate surface area is 176 Å². The van der Waals surface area contributed by atoms with E-state index in [1.165, 1.54) is 22.8 Å². The summed E-state index contributed by atoms with van der Waals surface area (Å²) in [6.45, 7) is 3.11. The van der Waals surface area contributed by atoms with Gasteiger partial charge in [-0.15, -0.1) is 0 Å². The fraction of sp³-hybridized carbons (Fsp3) is 0.381. The third-order valence-electron chi connectivity index (χ3n) is 5.22. The Kier molecular flexibility index (Phi) is 7.17. The van der Waals surface area contributed by atoms with Crippen LogP contribution in [0, 0.1) is 5.92 Å². The van der Waals surface area contributed by atoms with Crippen molar-refractivity contribution < 1.29 is 18.0 Å². The molecular formula is C21H26N4O4S. The highest BCUT2D eigenvalue weighted by molar-refractivity contribution is 7.89.